The molecule has 6 nitrogen and oxygen atoms in total. The molecule has 0 atom stereocenters. The lowest BCUT2D eigenvalue weighted by Gasteiger charge is -2.20. The summed E-state index contributed by atoms with van der Waals surface area (Å²) in [5.41, 5.74) is 2.02. The van der Waals surface area contributed by atoms with Crippen molar-refractivity contribution in [1.82, 2.24) is 4.98 Å². The van der Waals surface area contributed by atoms with Gasteiger partial charge in [0.15, 0.2) is 5.13 Å². The van der Waals surface area contributed by atoms with E-state index in [-0.39, 0.29) is 5.91 Å². The third-order valence-corrected chi connectivity index (χ3v) is 4.67. The van der Waals surface area contributed by atoms with E-state index < -0.39 is 5.63 Å². The van der Waals surface area contributed by atoms with Crippen molar-refractivity contribution in [3.8, 4) is 11.3 Å². The van der Waals surface area contributed by atoms with E-state index in [1.807, 2.05) is 18.2 Å². The van der Waals surface area contributed by atoms with E-state index >= 15 is 0 Å². The molecule has 0 aliphatic heterocycles. The third kappa shape index (κ3) is 3.56. The fraction of sp³-hybridized carbons (Fsp3) is 0.278. The van der Waals surface area contributed by atoms with E-state index in [0.717, 1.165) is 24.2 Å². The minimum Gasteiger partial charge on any atom is -0.422 e. The Morgan fingerprint density at radius 1 is 1.28 bits per heavy atom. The molecule has 0 fully saturated rings. The first kappa shape index (κ1) is 17.2. The Kier molecular flexibility index (Phi) is 4.85. The van der Waals surface area contributed by atoms with Crippen molar-refractivity contribution < 1.29 is 9.21 Å². The summed E-state index contributed by atoms with van der Waals surface area (Å²) in [6, 6.07) is 7.62. The molecule has 0 saturated heterocycles. The summed E-state index contributed by atoms with van der Waals surface area (Å²) in [6.07, 6.45) is 0. The summed E-state index contributed by atoms with van der Waals surface area (Å²) >= 11 is 1.27. The van der Waals surface area contributed by atoms with Crippen LogP contribution in [0.2, 0.25) is 0 Å². The molecule has 1 aromatic carbocycles. The average molecular weight is 357 g/mol. The molecular weight excluding hydrogens is 338 g/mol. The summed E-state index contributed by atoms with van der Waals surface area (Å²) in [5, 5.41) is 5.63. The Labute approximate surface area is 149 Å². The maximum atomic E-state index is 12.4. The number of thiazole rings is 1. The van der Waals surface area contributed by atoms with Crippen molar-refractivity contribution in [2.24, 2.45) is 0 Å². The van der Waals surface area contributed by atoms with Gasteiger partial charge in [-0.3, -0.25) is 4.79 Å². The minimum atomic E-state index is -0.441. The van der Waals surface area contributed by atoms with Crippen LogP contribution in [0, 0.1) is 0 Å². The van der Waals surface area contributed by atoms with Crippen LogP contribution in [-0.2, 0) is 4.79 Å². The summed E-state index contributed by atoms with van der Waals surface area (Å²) < 4.78 is 5.51. The number of carbonyl (C=O) groups is 1. The normalized spacial score (nSPS) is 10.8. The number of hydrogen-bond donors (Lipinski definition) is 1. The smallest absolute Gasteiger partial charge is 0.345 e. The Morgan fingerprint density at radius 2 is 2.04 bits per heavy atom. The quantitative estimate of drug-likeness (QED) is 0.704. The van der Waals surface area contributed by atoms with Gasteiger partial charge in [0.2, 0.25) is 5.91 Å². The first-order valence-electron chi connectivity index (χ1n) is 8.08. The maximum absolute atomic E-state index is 12.4. The lowest BCUT2D eigenvalue weighted by atomic mass is 10.1. The molecular formula is C18H19N3O3S. The van der Waals surface area contributed by atoms with Crippen molar-refractivity contribution in [1.29, 1.82) is 0 Å². The Balaban J connectivity index is 2.02. The van der Waals surface area contributed by atoms with E-state index in [4.69, 9.17) is 4.42 Å². The number of fused-ring (bicyclic) bond motifs is 1. The molecule has 3 aromatic rings. The van der Waals surface area contributed by atoms with Crippen LogP contribution < -0.4 is 15.8 Å². The van der Waals surface area contributed by atoms with Gasteiger partial charge in [-0.05, 0) is 32.0 Å². The first-order valence-corrected chi connectivity index (χ1v) is 8.96. The summed E-state index contributed by atoms with van der Waals surface area (Å²) in [5.74, 6) is -0.199. The van der Waals surface area contributed by atoms with E-state index in [1.54, 1.807) is 11.4 Å². The molecule has 0 aliphatic carbocycles. The Morgan fingerprint density at radius 3 is 2.72 bits per heavy atom. The highest BCUT2D eigenvalue weighted by molar-refractivity contribution is 7.14. The van der Waals surface area contributed by atoms with E-state index in [2.05, 4.69) is 29.0 Å². The molecule has 0 radical (unpaired) electrons. The Hall–Kier alpha value is -2.67. The zero-order valence-electron chi connectivity index (χ0n) is 14.3. The highest BCUT2D eigenvalue weighted by Gasteiger charge is 2.13. The fourth-order valence-electron chi connectivity index (χ4n) is 2.67. The van der Waals surface area contributed by atoms with Crippen molar-refractivity contribution >= 4 is 39.0 Å². The summed E-state index contributed by atoms with van der Waals surface area (Å²) in [7, 11) is 0. The topological polar surface area (TPSA) is 75.4 Å². The van der Waals surface area contributed by atoms with Gasteiger partial charge < -0.3 is 14.6 Å². The van der Waals surface area contributed by atoms with Gasteiger partial charge in [-0.15, -0.1) is 11.3 Å². The van der Waals surface area contributed by atoms with Crippen molar-refractivity contribution in [2.45, 2.75) is 20.8 Å². The lowest BCUT2D eigenvalue weighted by molar-refractivity contribution is -0.114. The number of nitrogens with one attached hydrogen (secondary N) is 1. The van der Waals surface area contributed by atoms with Gasteiger partial charge in [0.05, 0.1) is 11.3 Å². The minimum absolute atomic E-state index is 0.199. The second-order valence-corrected chi connectivity index (χ2v) is 6.42. The number of anilines is 2. The third-order valence-electron chi connectivity index (χ3n) is 3.91. The SMILES string of the molecule is CCN(CC)c1ccc2cc(-c3csc(NC(C)=O)n3)c(=O)oc2c1. The highest BCUT2D eigenvalue weighted by Crippen LogP contribution is 2.27. The van der Waals surface area contributed by atoms with Crippen molar-refractivity contribution in [2.75, 3.05) is 23.3 Å². The van der Waals surface area contributed by atoms with Gasteiger partial charge in [0, 0.05) is 42.5 Å². The number of carbonyl (C=O) groups excluding carboxylic acids is 1. The van der Waals surface area contributed by atoms with Crippen LogP contribution in [0.5, 0.6) is 0 Å². The molecule has 0 saturated carbocycles. The van der Waals surface area contributed by atoms with Gasteiger partial charge in [-0.25, -0.2) is 9.78 Å². The fourth-order valence-corrected chi connectivity index (χ4v) is 3.43. The van der Waals surface area contributed by atoms with Crippen LogP contribution in [0.4, 0.5) is 10.8 Å². The number of rotatable bonds is 5. The lowest BCUT2D eigenvalue weighted by Crippen LogP contribution is -2.21. The zero-order valence-corrected chi connectivity index (χ0v) is 15.1. The molecule has 0 aliphatic rings. The molecule has 0 spiro atoms. The number of nitrogens with zero attached hydrogens (tertiary/aromatic N) is 2. The Bertz CT molecular complexity index is 973. The maximum Gasteiger partial charge on any atom is 0.345 e. The predicted octanol–water partition coefficient (Wildman–Crippen LogP) is 3.72. The second-order valence-electron chi connectivity index (χ2n) is 5.56. The van der Waals surface area contributed by atoms with Crippen molar-refractivity contribution in [3.63, 3.8) is 0 Å². The van der Waals surface area contributed by atoms with Crippen LogP contribution in [0.3, 0.4) is 0 Å². The second kappa shape index (κ2) is 7.06. The average Bonchev–Trinajstić information content (AvgIpc) is 3.02. The number of benzene rings is 1. The van der Waals surface area contributed by atoms with Gasteiger partial charge >= 0.3 is 5.63 Å². The molecule has 7 heteroatoms. The number of hydrogen-bond acceptors (Lipinski definition) is 6. The molecule has 0 bridgehead atoms. The van der Waals surface area contributed by atoms with Gasteiger partial charge in [0.25, 0.3) is 0 Å². The largest absolute Gasteiger partial charge is 0.422 e. The highest BCUT2D eigenvalue weighted by atomic mass is 32.1. The van der Waals surface area contributed by atoms with Crippen LogP contribution >= 0.6 is 11.3 Å². The molecule has 25 heavy (non-hydrogen) atoms. The molecule has 2 aromatic heterocycles. The monoisotopic (exact) mass is 357 g/mol. The summed E-state index contributed by atoms with van der Waals surface area (Å²) in [4.78, 5) is 30.0. The van der Waals surface area contributed by atoms with E-state index in [0.29, 0.717) is 22.0 Å². The van der Waals surface area contributed by atoms with E-state index in [9.17, 15) is 9.59 Å². The van der Waals surface area contributed by atoms with Gasteiger partial charge in [-0.1, -0.05) is 0 Å². The van der Waals surface area contributed by atoms with Crippen molar-refractivity contribution in [3.05, 3.63) is 40.1 Å². The van der Waals surface area contributed by atoms with Gasteiger partial charge in [0.1, 0.15) is 5.58 Å². The molecule has 3 rings (SSSR count). The molecule has 2 heterocycles. The predicted molar refractivity (Wildman–Crippen MR) is 101 cm³/mol. The van der Waals surface area contributed by atoms with Crippen LogP contribution in [0.1, 0.15) is 20.8 Å². The van der Waals surface area contributed by atoms with Crippen LogP contribution in [0.25, 0.3) is 22.2 Å². The molecule has 1 N–H and O–H groups in total. The molecule has 1 amide bonds. The molecule has 130 valence electrons. The summed E-state index contributed by atoms with van der Waals surface area (Å²) in [6.45, 7) is 7.35. The van der Waals surface area contributed by atoms with E-state index in [1.165, 1.54) is 18.3 Å². The first-order chi connectivity index (χ1) is 12.0. The number of aromatic nitrogens is 1. The van der Waals surface area contributed by atoms with Crippen LogP contribution in [-0.4, -0.2) is 24.0 Å². The van der Waals surface area contributed by atoms with Gasteiger partial charge in [-0.2, -0.15) is 0 Å². The standard InChI is InChI=1S/C18H19N3O3S/c1-4-21(5-2)13-7-6-12-8-14(17(23)24-16(12)9-13)15-10-25-18(20-15)19-11(3)22/h6-10H,4-5H2,1-3H3,(H,19,20,22). The number of amides is 1. The van der Waals surface area contributed by atoms with Crippen LogP contribution in [0.15, 0.2) is 38.9 Å². The molecule has 0 unspecified atom stereocenters. The zero-order chi connectivity index (χ0) is 18.0.